The molecule has 0 amide bonds. The lowest BCUT2D eigenvalue weighted by atomic mass is 10.1. The highest BCUT2D eigenvalue weighted by atomic mass is 15.6. The van der Waals surface area contributed by atoms with Crippen LogP contribution in [0.2, 0.25) is 0 Å². The molecule has 0 spiro atoms. The van der Waals surface area contributed by atoms with E-state index >= 15 is 0 Å². The zero-order valence-corrected chi connectivity index (χ0v) is 13.7. The van der Waals surface area contributed by atoms with Crippen LogP contribution in [0.4, 0.5) is 0 Å². The number of guanidine groups is 3. The molecule has 0 unspecified atom stereocenters. The van der Waals surface area contributed by atoms with Crippen molar-refractivity contribution in [2.75, 3.05) is 13.1 Å². The van der Waals surface area contributed by atoms with Gasteiger partial charge in [0.2, 0.25) is 11.9 Å². The van der Waals surface area contributed by atoms with Gasteiger partial charge in [0, 0.05) is 13.1 Å². The summed E-state index contributed by atoms with van der Waals surface area (Å²) in [6.45, 7) is 1.53. The average molecular weight is 328 g/mol. The monoisotopic (exact) mass is 328 g/mol. The molecule has 12 N–H and O–H groups in total. The standard InChI is InChI=1S/C13H32N10/c14-11(15)19-9-7-5-3-1-2-4-6-8-10-20-13(18)22-23-21-12(16)17/h23H,1-10H2,(H4,14,15,19)(H4,16,17,21)(H3,18,20,22). The lowest BCUT2D eigenvalue weighted by Gasteiger charge is -2.11. The number of rotatable bonds is 13. The Morgan fingerprint density at radius 2 is 1.09 bits per heavy atom. The van der Waals surface area contributed by atoms with E-state index in [1.54, 1.807) is 0 Å². The summed E-state index contributed by atoms with van der Waals surface area (Å²) in [5, 5.41) is 27.2. The van der Waals surface area contributed by atoms with E-state index in [9.17, 15) is 0 Å². The topological polar surface area (TPSA) is 184 Å². The fraction of sp³-hybridized carbons (Fsp3) is 0.769. The van der Waals surface area contributed by atoms with Crippen molar-refractivity contribution in [3.05, 3.63) is 0 Å². The predicted octanol–water partition coefficient (Wildman–Crippen LogP) is -0.393. The molecule has 10 nitrogen and oxygen atoms in total. The third-order valence-corrected chi connectivity index (χ3v) is 3.11. The summed E-state index contributed by atoms with van der Waals surface area (Å²) >= 11 is 0. The van der Waals surface area contributed by atoms with Gasteiger partial charge in [0.15, 0.2) is 5.96 Å². The van der Waals surface area contributed by atoms with Crippen molar-refractivity contribution in [1.82, 2.24) is 27.0 Å². The van der Waals surface area contributed by atoms with Crippen LogP contribution in [0.25, 0.3) is 0 Å². The third-order valence-electron chi connectivity index (χ3n) is 3.11. The molecule has 0 aromatic rings. The summed E-state index contributed by atoms with van der Waals surface area (Å²) in [5.41, 5.74) is 17.5. The van der Waals surface area contributed by atoms with E-state index in [2.05, 4.69) is 27.0 Å². The predicted molar refractivity (Wildman–Crippen MR) is 93.9 cm³/mol. The van der Waals surface area contributed by atoms with Crippen molar-refractivity contribution < 1.29 is 0 Å². The smallest absolute Gasteiger partial charge is 0.204 e. The van der Waals surface area contributed by atoms with Gasteiger partial charge in [0.1, 0.15) is 0 Å². The van der Waals surface area contributed by atoms with E-state index < -0.39 is 0 Å². The SMILES string of the molecule is N=C(N)NCCCCCCCCCCNC(=N)NNNC(=N)N. The van der Waals surface area contributed by atoms with Crippen LogP contribution in [0.3, 0.4) is 0 Å². The van der Waals surface area contributed by atoms with Crippen molar-refractivity contribution >= 4 is 17.9 Å². The van der Waals surface area contributed by atoms with Crippen molar-refractivity contribution in [2.24, 2.45) is 11.5 Å². The minimum absolute atomic E-state index is 0.0489. The molecule has 10 heteroatoms. The first kappa shape index (κ1) is 20.8. The average Bonchev–Trinajstić information content (AvgIpc) is 2.47. The van der Waals surface area contributed by atoms with Crippen LogP contribution in [0.15, 0.2) is 0 Å². The second-order valence-corrected chi connectivity index (χ2v) is 5.26. The van der Waals surface area contributed by atoms with E-state index in [1.807, 2.05) is 0 Å². The summed E-state index contributed by atoms with van der Waals surface area (Å²) in [7, 11) is 0. The van der Waals surface area contributed by atoms with E-state index in [-0.39, 0.29) is 17.9 Å². The molecule has 23 heavy (non-hydrogen) atoms. The summed E-state index contributed by atoms with van der Waals surface area (Å²) in [5.74, 6) is -0.0360. The molecule has 0 heterocycles. The molecule has 0 rings (SSSR count). The second-order valence-electron chi connectivity index (χ2n) is 5.26. The van der Waals surface area contributed by atoms with E-state index in [4.69, 9.17) is 27.7 Å². The minimum Gasteiger partial charge on any atom is -0.370 e. The maximum atomic E-state index is 7.52. The van der Waals surface area contributed by atoms with E-state index in [1.165, 1.54) is 32.1 Å². The van der Waals surface area contributed by atoms with Gasteiger partial charge in [0.25, 0.3) is 0 Å². The number of hydrogen-bond donors (Lipinski definition) is 10. The zero-order valence-electron chi connectivity index (χ0n) is 13.7. The summed E-state index contributed by atoms with van der Waals surface area (Å²) in [4.78, 5) is 0. The number of nitrogens with one attached hydrogen (secondary N) is 8. The maximum Gasteiger partial charge on any atom is 0.204 e. The molecule has 0 bridgehead atoms. The Bertz CT molecular complexity index is 344. The minimum atomic E-state index is -0.222. The Hall–Kier alpha value is -2.23. The molecule has 0 saturated heterocycles. The molecule has 0 fully saturated rings. The number of nitrogens with two attached hydrogens (primary N) is 2. The quantitative estimate of drug-likeness (QED) is 0.0943. The molecule has 0 aromatic carbocycles. The molecule has 0 atom stereocenters. The number of hydrogen-bond acceptors (Lipinski definition) is 4. The molecule has 0 aliphatic heterocycles. The fourth-order valence-corrected chi connectivity index (χ4v) is 1.95. The summed E-state index contributed by atoms with van der Waals surface area (Å²) in [6, 6.07) is 0. The lowest BCUT2D eigenvalue weighted by Crippen LogP contribution is -2.54. The molecular weight excluding hydrogens is 296 g/mol. The molecule has 0 saturated carbocycles. The lowest BCUT2D eigenvalue weighted by molar-refractivity contribution is 0.556. The molecule has 0 aromatic heterocycles. The van der Waals surface area contributed by atoms with Crippen LogP contribution in [0.1, 0.15) is 51.4 Å². The number of hydrazine groups is 2. The van der Waals surface area contributed by atoms with Gasteiger partial charge in [-0.1, -0.05) is 38.5 Å². The first-order chi connectivity index (χ1) is 11.0. The molecule has 0 radical (unpaired) electrons. The first-order valence-electron chi connectivity index (χ1n) is 8.03. The van der Waals surface area contributed by atoms with Crippen LogP contribution in [-0.2, 0) is 0 Å². The highest BCUT2D eigenvalue weighted by Gasteiger charge is 1.95. The third kappa shape index (κ3) is 17.7. The Labute approximate surface area is 138 Å². The van der Waals surface area contributed by atoms with Gasteiger partial charge in [-0.25, -0.2) is 0 Å². The van der Waals surface area contributed by atoms with Crippen LogP contribution < -0.4 is 38.5 Å². The maximum absolute atomic E-state index is 7.52. The van der Waals surface area contributed by atoms with Crippen molar-refractivity contribution in [3.8, 4) is 0 Å². The highest BCUT2D eigenvalue weighted by molar-refractivity contribution is 5.77. The Kier molecular flexibility index (Phi) is 13.3. The van der Waals surface area contributed by atoms with Crippen LogP contribution >= 0.6 is 0 Å². The zero-order chi connectivity index (χ0) is 17.3. The fourth-order valence-electron chi connectivity index (χ4n) is 1.95. The number of unbranched alkanes of at least 4 members (excludes halogenated alkanes) is 7. The van der Waals surface area contributed by atoms with Gasteiger partial charge in [0.05, 0.1) is 0 Å². The van der Waals surface area contributed by atoms with Gasteiger partial charge in [-0.2, -0.15) is 0 Å². The van der Waals surface area contributed by atoms with Crippen molar-refractivity contribution in [2.45, 2.75) is 51.4 Å². The summed E-state index contributed by atoms with van der Waals surface area (Å²) < 4.78 is 0. The van der Waals surface area contributed by atoms with E-state index in [0.29, 0.717) is 0 Å². The van der Waals surface area contributed by atoms with Crippen molar-refractivity contribution in [1.29, 1.82) is 16.2 Å². The van der Waals surface area contributed by atoms with Gasteiger partial charge < -0.3 is 22.1 Å². The second kappa shape index (κ2) is 14.7. The molecule has 134 valence electrons. The van der Waals surface area contributed by atoms with Gasteiger partial charge in [-0.05, 0) is 12.8 Å². The molecule has 0 aliphatic carbocycles. The van der Waals surface area contributed by atoms with Gasteiger partial charge >= 0.3 is 0 Å². The Morgan fingerprint density at radius 1 is 0.609 bits per heavy atom. The normalized spacial score (nSPS) is 9.91. The van der Waals surface area contributed by atoms with Crippen LogP contribution in [-0.4, -0.2) is 31.0 Å². The molecular formula is C13H32N10. The highest BCUT2D eigenvalue weighted by Crippen LogP contribution is 2.07. The van der Waals surface area contributed by atoms with Crippen LogP contribution in [0, 0.1) is 16.2 Å². The largest absolute Gasteiger partial charge is 0.370 e. The Balaban J connectivity index is 3.17. The molecule has 0 aliphatic rings. The Morgan fingerprint density at radius 3 is 1.57 bits per heavy atom. The summed E-state index contributed by atoms with van der Waals surface area (Å²) in [6.07, 6.45) is 9.31. The van der Waals surface area contributed by atoms with E-state index in [0.717, 1.165) is 32.4 Å². The first-order valence-corrected chi connectivity index (χ1v) is 8.03. The van der Waals surface area contributed by atoms with Gasteiger partial charge in [-0.3, -0.25) is 27.1 Å². The van der Waals surface area contributed by atoms with Crippen molar-refractivity contribution in [3.63, 3.8) is 0 Å². The van der Waals surface area contributed by atoms with Crippen LogP contribution in [0.5, 0.6) is 0 Å². The van der Waals surface area contributed by atoms with Gasteiger partial charge in [-0.15, -0.1) is 5.53 Å².